The predicted molar refractivity (Wildman–Crippen MR) is 118 cm³/mol. The average Bonchev–Trinajstić information content (AvgIpc) is 3.52. The van der Waals surface area contributed by atoms with Gasteiger partial charge in [-0.3, -0.25) is 9.59 Å². The van der Waals surface area contributed by atoms with E-state index in [2.05, 4.69) is 56.6 Å². The van der Waals surface area contributed by atoms with Crippen molar-refractivity contribution in [1.82, 2.24) is 30.4 Å². The average molecular weight is 439 g/mol. The van der Waals surface area contributed by atoms with Crippen LogP contribution in [0.4, 0.5) is 0 Å². The Labute approximate surface area is 185 Å². The number of carbonyl (C=O) groups is 2. The lowest BCUT2D eigenvalue weighted by Gasteiger charge is -2.41. The van der Waals surface area contributed by atoms with E-state index in [0.29, 0.717) is 32.5 Å². The van der Waals surface area contributed by atoms with E-state index in [1.807, 2.05) is 11.0 Å². The quantitative estimate of drug-likeness (QED) is 0.611. The van der Waals surface area contributed by atoms with Crippen LogP contribution in [-0.4, -0.2) is 57.1 Å². The molecule has 3 heterocycles. The van der Waals surface area contributed by atoms with Crippen molar-refractivity contribution >= 4 is 23.2 Å². The van der Waals surface area contributed by atoms with Crippen LogP contribution < -0.4 is 5.32 Å². The second-order valence-corrected chi connectivity index (χ2v) is 8.90. The molecule has 1 atom stereocenters. The largest absolute Gasteiger partial charge is 0.359 e. The molecule has 3 aromatic rings. The van der Waals surface area contributed by atoms with E-state index in [4.69, 9.17) is 0 Å². The van der Waals surface area contributed by atoms with Gasteiger partial charge in [0.1, 0.15) is 6.33 Å². The van der Waals surface area contributed by atoms with E-state index in [9.17, 15) is 9.59 Å². The number of tetrazole rings is 1. The Morgan fingerprint density at radius 1 is 1.23 bits per heavy atom. The molecule has 1 N–H and O–H groups in total. The number of aryl methyl sites for hydroxylation is 1. The van der Waals surface area contributed by atoms with E-state index in [0.717, 1.165) is 18.4 Å². The maximum absolute atomic E-state index is 13.0. The summed E-state index contributed by atoms with van der Waals surface area (Å²) in [6.45, 7) is 1.53. The third-order valence-corrected chi connectivity index (χ3v) is 6.81. The Kier molecular flexibility index (Phi) is 6.41. The topological polar surface area (TPSA) is 93.0 Å². The first-order valence-electron chi connectivity index (χ1n) is 10.4. The second kappa shape index (κ2) is 9.38. The van der Waals surface area contributed by atoms with Gasteiger partial charge in [0.2, 0.25) is 11.8 Å². The lowest BCUT2D eigenvalue weighted by atomic mass is 9.74. The molecule has 1 aliphatic heterocycles. The number of aromatic nitrogens is 4. The van der Waals surface area contributed by atoms with Gasteiger partial charge in [0.05, 0.1) is 12.0 Å². The lowest BCUT2D eigenvalue weighted by molar-refractivity contribution is -0.141. The summed E-state index contributed by atoms with van der Waals surface area (Å²) in [5.41, 5.74) is 1.66. The monoisotopic (exact) mass is 438 g/mol. The van der Waals surface area contributed by atoms with Crippen molar-refractivity contribution in [3.8, 4) is 10.4 Å². The van der Waals surface area contributed by atoms with Crippen molar-refractivity contribution < 1.29 is 9.59 Å². The second-order valence-electron chi connectivity index (χ2n) is 7.95. The molecule has 8 nitrogen and oxygen atoms in total. The molecule has 31 heavy (non-hydrogen) atoms. The third-order valence-electron chi connectivity index (χ3n) is 5.89. The van der Waals surface area contributed by atoms with Gasteiger partial charge in [-0.1, -0.05) is 30.3 Å². The van der Waals surface area contributed by atoms with Gasteiger partial charge in [0.25, 0.3) is 0 Å². The van der Waals surface area contributed by atoms with Gasteiger partial charge in [0, 0.05) is 31.4 Å². The molecule has 1 saturated heterocycles. The molecule has 0 saturated carbocycles. The van der Waals surface area contributed by atoms with Crippen molar-refractivity contribution in [2.45, 2.75) is 32.2 Å². The standard InChI is InChI=1S/C22H26N6O2S/c1-23-21(30)22(14-17-5-7-18(8-6-17)19-4-2-13-31-19)10-3-11-27(15-22)20(29)9-12-28-16-24-25-26-28/h2,4-8,13,16H,3,9-12,14-15H2,1H3,(H,23,30)/t22-/m0/s1. The van der Waals surface area contributed by atoms with Crippen molar-refractivity contribution in [2.24, 2.45) is 5.41 Å². The van der Waals surface area contributed by atoms with Crippen molar-refractivity contribution in [3.63, 3.8) is 0 Å². The summed E-state index contributed by atoms with van der Waals surface area (Å²) in [5.74, 6) is 0.0179. The SMILES string of the molecule is CNC(=O)[C@]1(Cc2ccc(-c3cccs3)cc2)CCCN(C(=O)CCn2cnnn2)C1. The predicted octanol–water partition coefficient (Wildman–Crippen LogP) is 2.39. The summed E-state index contributed by atoms with van der Waals surface area (Å²) in [4.78, 5) is 28.9. The molecular formula is C22H26N6O2S. The summed E-state index contributed by atoms with van der Waals surface area (Å²) < 4.78 is 1.54. The number of carbonyl (C=O) groups excluding carboxylic acids is 2. The van der Waals surface area contributed by atoms with Crippen LogP contribution in [0.15, 0.2) is 48.1 Å². The molecule has 162 valence electrons. The fourth-order valence-corrected chi connectivity index (χ4v) is 5.02. The number of thiophene rings is 1. The molecule has 4 rings (SSSR count). The smallest absolute Gasteiger partial charge is 0.228 e. The van der Waals surface area contributed by atoms with Gasteiger partial charge in [0.15, 0.2) is 0 Å². The van der Waals surface area contributed by atoms with Gasteiger partial charge in [-0.15, -0.1) is 16.4 Å². The normalized spacial score (nSPS) is 18.7. The minimum Gasteiger partial charge on any atom is -0.359 e. The molecule has 1 fully saturated rings. The Morgan fingerprint density at radius 2 is 2.06 bits per heavy atom. The Balaban J connectivity index is 1.47. The van der Waals surface area contributed by atoms with E-state index >= 15 is 0 Å². The molecule has 0 unspecified atom stereocenters. The van der Waals surface area contributed by atoms with Gasteiger partial charge in [-0.2, -0.15) is 0 Å². The number of rotatable bonds is 7. The lowest BCUT2D eigenvalue weighted by Crippen LogP contribution is -2.54. The molecule has 2 amide bonds. The molecule has 1 aromatic carbocycles. The number of likely N-dealkylation sites (tertiary alicyclic amines) is 1. The highest BCUT2D eigenvalue weighted by Crippen LogP contribution is 2.35. The summed E-state index contributed by atoms with van der Waals surface area (Å²) in [5, 5.41) is 15.9. The number of hydrogen-bond acceptors (Lipinski definition) is 6. The van der Waals surface area contributed by atoms with Gasteiger partial charge < -0.3 is 10.2 Å². The van der Waals surface area contributed by atoms with E-state index < -0.39 is 5.41 Å². The van der Waals surface area contributed by atoms with Crippen LogP contribution in [-0.2, 0) is 22.6 Å². The van der Waals surface area contributed by atoms with Crippen LogP contribution >= 0.6 is 11.3 Å². The summed E-state index contributed by atoms with van der Waals surface area (Å²) in [6.07, 6.45) is 3.98. The Bertz CT molecular complexity index is 1000. The summed E-state index contributed by atoms with van der Waals surface area (Å²) >= 11 is 1.71. The highest BCUT2D eigenvalue weighted by atomic mass is 32.1. The molecule has 9 heteroatoms. The molecular weight excluding hydrogens is 412 g/mol. The fourth-order valence-electron chi connectivity index (χ4n) is 4.29. The van der Waals surface area contributed by atoms with Crippen molar-refractivity contribution in [2.75, 3.05) is 20.1 Å². The zero-order valence-corrected chi connectivity index (χ0v) is 18.3. The first-order chi connectivity index (χ1) is 15.1. The Morgan fingerprint density at radius 3 is 2.74 bits per heavy atom. The fraction of sp³-hybridized carbons (Fsp3) is 0.409. The molecule has 0 spiro atoms. The van der Waals surface area contributed by atoms with Crippen LogP contribution in [0.2, 0.25) is 0 Å². The van der Waals surface area contributed by atoms with Crippen LogP contribution in [0.5, 0.6) is 0 Å². The number of hydrogen-bond donors (Lipinski definition) is 1. The Hall–Kier alpha value is -3.07. The van der Waals surface area contributed by atoms with Crippen LogP contribution in [0, 0.1) is 5.41 Å². The van der Waals surface area contributed by atoms with Crippen LogP contribution in [0.3, 0.4) is 0 Å². The highest BCUT2D eigenvalue weighted by Gasteiger charge is 2.42. The van der Waals surface area contributed by atoms with Gasteiger partial charge in [-0.25, -0.2) is 4.68 Å². The maximum Gasteiger partial charge on any atom is 0.228 e. The number of nitrogens with zero attached hydrogens (tertiary/aromatic N) is 5. The van der Waals surface area contributed by atoms with E-state index in [1.54, 1.807) is 23.1 Å². The number of piperidine rings is 1. The van der Waals surface area contributed by atoms with E-state index in [1.165, 1.54) is 16.8 Å². The zero-order chi connectivity index (χ0) is 21.7. The molecule has 1 aliphatic rings. The first kappa shape index (κ1) is 21.2. The number of nitrogens with one attached hydrogen (secondary N) is 1. The molecule has 0 bridgehead atoms. The third kappa shape index (κ3) is 4.82. The molecule has 0 aliphatic carbocycles. The maximum atomic E-state index is 13.0. The molecule has 2 aromatic heterocycles. The van der Waals surface area contributed by atoms with Crippen LogP contribution in [0.25, 0.3) is 10.4 Å². The summed E-state index contributed by atoms with van der Waals surface area (Å²) in [6, 6.07) is 12.6. The summed E-state index contributed by atoms with van der Waals surface area (Å²) in [7, 11) is 1.67. The van der Waals surface area contributed by atoms with Gasteiger partial charge in [-0.05, 0) is 52.3 Å². The van der Waals surface area contributed by atoms with E-state index in [-0.39, 0.29) is 11.8 Å². The molecule has 0 radical (unpaired) electrons. The highest BCUT2D eigenvalue weighted by molar-refractivity contribution is 7.13. The van der Waals surface area contributed by atoms with Crippen molar-refractivity contribution in [1.29, 1.82) is 0 Å². The minimum absolute atomic E-state index is 0.00666. The van der Waals surface area contributed by atoms with Crippen LogP contribution in [0.1, 0.15) is 24.8 Å². The first-order valence-corrected chi connectivity index (χ1v) is 11.3. The van der Waals surface area contributed by atoms with Crippen molar-refractivity contribution in [3.05, 3.63) is 53.7 Å². The number of amides is 2. The minimum atomic E-state index is -0.623. The number of benzene rings is 1. The van der Waals surface area contributed by atoms with Gasteiger partial charge >= 0.3 is 0 Å². The zero-order valence-electron chi connectivity index (χ0n) is 17.5.